The predicted octanol–water partition coefficient (Wildman–Crippen LogP) is 3.45. The minimum atomic E-state index is -0.697. The molecule has 2 rings (SSSR count). The molecule has 0 aliphatic heterocycles. The Morgan fingerprint density at radius 2 is 2.10 bits per heavy atom. The Balaban J connectivity index is 2.33. The van der Waals surface area contributed by atoms with Gasteiger partial charge in [0, 0.05) is 6.07 Å². The molecule has 0 aromatic heterocycles. The maximum Gasteiger partial charge on any atom is 0.262 e. The smallest absolute Gasteiger partial charge is 0.262 e. The van der Waals surface area contributed by atoms with Crippen LogP contribution in [0.5, 0.6) is 11.5 Å². The zero-order valence-corrected chi connectivity index (χ0v) is 11.2. The van der Waals surface area contributed by atoms with E-state index < -0.39 is 11.7 Å². The van der Waals surface area contributed by atoms with Crippen LogP contribution < -0.4 is 10.1 Å². The summed E-state index contributed by atoms with van der Waals surface area (Å²) in [5.41, 5.74) is 0.0546. The van der Waals surface area contributed by atoms with E-state index in [1.165, 1.54) is 37.4 Å². The maximum absolute atomic E-state index is 13.7. The Morgan fingerprint density at radius 1 is 1.35 bits per heavy atom. The van der Waals surface area contributed by atoms with Crippen molar-refractivity contribution in [3.63, 3.8) is 0 Å². The van der Waals surface area contributed by atoms with Gasteiger partial charge >= 0.3 is 0 Å². The molecular formula is C14H11ClFNO3. The summed E-state index contributed by atoms with van der Waals surface area (Å²) in [5.74, 6) is -1.29. The molecule has 1 amide bonds. The molecule has 0 atom stereocenters. The van der Waals surface area contributed by atoms with Gasteiger partial charge in [0.25, 0.3) is 5.91 Å². The Bertz CT molecular complexity index is 661. The number of methoxy groups -OCH3 is 1. The number of phenolic OH excluding ortho intramolecular Hbond substituents is 1. The first-order chi connectivity index (χ1) is 9.52. The molecule has 0 saturated heterocycles. The van der Waals surface area contributed by atoms with E-state index in [0.717, 1.165) is 6.07 Å². The molecule has 2 aromatic rings. The molecule has 0 bridgehead atoms. The van der Waals surface area contributed by atoms with Crippen LogP contribution in [0.4, 0.5) is 10.1 Å². The lowest BCUT2D eigenvalue weighted by Crippen LogP contribution is -2.15. The highest BCUT2D eigenvalue weighted by Crippen LogP contribution is 2.28. The largest absolute Gasteiger partial charge is 0.508 e. The average molecular weight is 296 g/mol. The third-order valence-electron chi connectivity index (χ3n) is 2.62. The average Bonchev–Trinajstić information content (AvgIpc) is 2.41. The number of rotatable bonds is 3. The molecule has 0 saturated carbocycles. The van der Waals surface area contributed by atoms with E-state index in [1.54, 1.807) is 0 Å². The number of hydrogen-bond acceptors (Lipinski definition) is 3. The predicted molar refractivity (Wildman–Crippen MR) is 74.0 cm³/mol. The second kappa shape index (κ2) is 5.79. The molecule has 0 unspecified atom stereocenters. The Hall–Kier alpha value is -2.27. The molecule has 2 aromatic carbocycles. The molecule has 0 spiro atoms. The van der Waals surface area contributed by atoms with Crippen molar-refractivity contribution in [2.45, 2.75) is 0 Å². The summed E-state index contributed by atoms with van der Waals surface area (Å²) in [6.07, 6.45) is 0. The van der Waals surface area contributed by atoms with Gasteiger partial charge in [-0.25, -0.2) is 4.39 Å². The minimum absolute atomic E-state index is 0.0310. The third kappa shape index (κ3) is 2.83. The number of phenols is 1. The first kappa shape index (κ1) is 14.1. The summed E-state index contributed by atoms with van der Waals surface area (Å²) in [5, 5.41) is 11.9. The Kier molecular flexibility index (Phi) is 4.10. The van der Waals surface area contributed by atoms with Crippen LogP contribution in [0.15, 0.2) is 36.4 Å². The zero-order valence-electron chi connectivity index (χ0n) is 10.5. The molecule has 104 valence electrons. The lowest BCUT2D eigenvalue weighted by Gasteiger charge is -2.11. The molecule has 0 radical (unpaired) electrons. The quantitative estimate of drug-likeness (QED) is 0.853. The Labute approximate surface area is 119 Å². The van der Waals surface area contributed by atoms with Crippen molar-refractivity contribution < 1.29 is 19.0 Å². The number of aromatic hydroxyl groups is 1. The number of anilines is 1. The van der Waals surface area contributed by atoms with Gasteiger partial charge in [-0.3, -0.25) is 4.79 Å². The van der Waals surface area contributed by atoms with Gasteiger partial charge in [0.05, 0.1) is 17.8 Å². The van der Waals surface area contributed by atoms with Crippen molar-refractivity contribution in [1.82, 2.24) is 0 Å². The third-order valence-corrected chi connectivity index (χ3v) is 2.94. The van der Waals surface area contributed by atoms with Crippen LogP contribution in [0, 0.1) is 5.82 Å². The van der Waals surface area contributed by atoms with Crippen LogP contribution in [0.3, 0.4) is 0 Å². The summed E-state index contributed by atoms with van der Waals surface area (Å²) in [7, 11) is 1.35. The fraction of sp³-hybridized carbons (Fsp3) is 0.0714. The van der Waals surface area contributed by atoms with E-state index in [1.807, 2.05) is 0 Å². The van der Waals surface area contributed by atoms with Gasteiger partial charge in [-0.2, -0.15) is 0 Å². The topological polar surface area (TPSA) is 58.6 Å². The van der Waals surface area contributed by atoms with Crippen molar-refractivity contribution >= 4 is 23.2 Å². The number of carbonyl (C=O) groups excluding carboxylic acids is 1. The highest BCUT2D eigenvalue weighted by atomic mass is 35.5. The van der Waals surface area contributed by atoms with Crippen molar-refractivity contribution in [3.8, 4) is 11.5 Å². The van der Waals surface area contributed by atoms with E-state index in [2.05, 4.69) is 5.32 Å². The highest BCUT2D eigenvalue weighted by Gasteiger charge is 2.18. The lowest BCUT2D eigenvalue weighted by atomic mass is 10.1. The van der Waals surface area contributed by atoms with Crippen LogP contribution in [-0.2, 0) is 0 Å². The molecule has 0 aliphatic rings. The molecule has 20 heavy (non-hydrogen) atoms. The summed E-state index contributed by atoms with van der Waals surface area (Å²) < 4.78 is 18.7. The molecule has 0 fully saturated rings. The molecule has 6 heteroatoms. The van der Waals surface area contributed by atoms with E-state index in [4.69, 9.17) is 16.3 Å². The van der Waals surface area contributed by atoms with Gasteiger partial charge in [0.2, 0.25) is 0 Å². The first-order valence-electron chi connectivity index (χ1n) is 5.65. The van der Waals surface area contributed by atoms with Crippen molar-refractivity contribution in [2.75, 3.05) is 12.4 Å². The van der Waals surface area contributed by atoms with E-state index in [-0.39, 0.29) is 27.8 Å². The number of ether oxygens (including phenoxy) is 1. The van der Waals surface area contributed by atoms with Crippen molar-refractivity contribution in [2.24, 2.45) is 0 Å². The van der Waals surface area contributed by atoms with Gasteiger partial charge in [-0.15, -0.1) is 0 Å². The minimum Gasteiger partial charge on any atom is -0.508 e. The number of amides is 1. The normalized spacial score (nSPS) is 10.2. The number of benzene rings is 2. The first-order valence-corrected chi connectivity index (χ1v) is 6.03. The SMILES string of the molecule is COc1cccc(F)c1C(=O)Nc1ccc(O)cc1Cl. The lowest BCUT2D eigenvalue weighted by molar-refractivity contribution is 0.102. The van der Waals surface area contributed by atoms with E-state index >= 15 is 0 Å². The number of nitrogens with one attached hydrogen (secondary N) is 1. The number of halogens is 2. The van der Waals surface area contributed by atoms with Crippen molar-refractivity contribution in [3.05, 3.63) is 52.8 Å². The monoisotopic (exact) mass is 295 g/mol. The van der Waals surface area contributed by atoms with Crippen LogP contribution in [0.25, 0.3) is 0 Å². The fourth-order valence-electron chi connectivity index (χ4n) is 1.69. The van der Waals surface area contributed by atoms with Gasteiger partial charge in [0.15, 0.2) is 0 Å². The summed E-state index contributed by atoms with van der Waals surface area (Å²) in [4.78, 5) is 12.1. The van der Waals surface area contributed by atoms with Gasteiger partial charge < -0.3 is 15.2 Å². The van der Waals surface area contributed by atoms with Crippen LogP contribution in [0.2, 0.25) is 5.02 Å². The second-order valence-corrected chi connectivity index (χ2v) is 4.34. The summed E-state index contributed by atoms with van der Waals surface area (Å²) >= 11 is 5.87. The van der Waals surface area contributed by atoms with Gasteiger partial charge in [-0.05, 0) is 24.3 Å². The number of hydrogen-bond donors (Lipinski definition) is 2. The van der Waals surface area contributed by atoms with E-state index in [9.17, 15) is 14.3 Å². The van der Waals surface area contributed by atoms with Crippen molar-refractivity contribution in [1.29, 1.82) is 0 Å². The second-order valence-electron chi connectivity index (χ2n) is 3.94. The molecule has 0 aliphatic carbocycles. The Morgan fingerprint density at radius 3 is 2.75 bits per heavy atom. The van der Waals surface area contributed by atoms with Crippen LogP contribution in [-0.4, -0.2) is 18.1 Å². The number of carbonyl (C=O) groups is 1. The highest BCUT2D eigenvalue weighted by molar-refractivity contribution is 6.34. The van der Waals surface area contributed by atoms with Gasteiger partial charge in [-0.1, -0.05) is 17.7 Å². The maximum atomic E-state index is 13.7. The molecule has 4 nitrogen and oxygen atoms in total. The molecule has 2 N–H and O–H groups in total. The molecular weight excluding hydrogens is 285 g/mol. The fourth-order valence-corrected chi connectivity index (χ4v) is 1.91. The van der Waals surface area contributed by atoms with Crippen LogP contribution >= 0.6 is 11.6 Å². The zero-order chi connectivity index (χ0) is 14.7. The van der Waals surface area contributed by atoms with Crippen LogP contribution in [0.1, 0.15) is 10.4 Å². The summed E-state index contributed by atoms with van der Waals surface area (Å²) in [6.45, 7) is 0. The standard InChI is InChI=1S/C14H11ClFNO3/c1-20-12-4-2-3-10(16)13(12)14(19)17-11-6-5-8(18)7-9(11)15/h2-7,18H,1H3,(H,17,19). The van der Waals surface area contributed by atoms with E-state index in [0.29, 0.717) is 0 Å². The van der Waals surface area contributed by atoms with Gasteiger partial charge in [0.1, 0.15) is 22.9 Å². The summed E-state index contributed by atoms with van der Waals surface area (Å²) in [6, 6.07) is 8.14. The molecule has 0 heterocycles.